The van der Waals surface area contributed by atoms with Crippen molar-refractivity contribution in [1.82, 2.24) is 5.32 Å². The second-order valence-electron chi connectivity index (χ2n) is 6.70. The predicted molar refractivity (Wildman–Crippen MR) is 96.0 cm³/mol. The molecule has 0 unspecified atom stereocenters. The fourth-order valence-corrected chi connectivity index (χ4v) is 2.22. The van der Waals surface area contributed by atoms with Crippen molar-refractivity contribution in [2.45, 2.75) is 32.7 Å². The molecule has 4 N–H and O–H groups in total. The van der Waals surface area contributed by atoms with E-state index in [4.69, 9.17) is 5.73 Å². The smallest absolute Gasteiger partial charge is 0.312 e. The fraction of sp³-hybridized carbons (Fsp3) is 0.263. The Bertz CT molecular complexity index is 714. The molecule has 5 heteroatoms. The minimum absolute atomic E-state index is 0.0807. The van der Waals surface area contributed by atoms with Crippen LogP contribution in [0.1, 0.15) is 42.3 Å². The number of hydrogen-bond donors (Lipinski definition) is 3. The van der Waals surface area contributed by atoms with Crippen molar-refractivity contribution in [3.05, 3.63) is 65.2 Å². The lowest BCUT2D eigenvalue weighted by molar-refractivity contribution is 0.102. The van der Waals surface area contributed by atoms with Crippen LogP contribution in [-0.2, 0) is 12.0 Å². The van der Waals surface area contributed by atoms with Crippen molar-refractivity contribution >= 4 is 17.6 Å². The van der Waals surface area contributed by atoms with Crippen LogP contribution in [0.15, 0.2) is 48.5 Å². The summed E-state index contributed by atoms with van der Waals surface area (Å²) in [5.41, 5.74) is 8.51. The van der Waals surface area contributed by atoms with Gasteiger partial charge in [0, 0.05) is 17.8 Å². The predicted octanol–water partition coefficient (Wildman–Crippen LogP) is 3.40. The van der Waals surface area contributed by atoms with E-state index in [2.05, 4.69) is 31.4 Å². The summed E-state index contributed by atoms with van der Waals surface area (Å²) in [6.07, 6.45) is 0. The monoisotopic (exact) mass is 325 g/mol. The lowest BCUT2D eigenvalue weighted by atomic mass is 9.87. The van der Waals surface area contributed by atoms with Gasteiger partial charge < -0.3 is 16.4 Å². The van der Waals surface area contributed by atoms with Crippen LogP contribution < -0.4 is 16.4 Å². The molecule has 0 radical (unpaired) electrons. The second-order valence-corrected chi connectivity index (χ2v) is 6.70. The minimum atomic E-state index is -0.574. The third-order valence-corrected chi connectivity index (χ3v) is 3.69. The number of nitrogens with one attached hydrogen (secondary N) is 2. The molecule has 2 aromatic rings. The van der Waals surface area contributed by atoms with Gasteiger partial charge in [0.05, 0.1) is 0 Å². The summed E-state index contributed by atoms with van der Waals surface area (Å²) in [5, 5.41) is 5.38. The number of hydrogen-bond acceptors (Lipinski definition) is 2. The molecule has 126 valence electrons. The van der Waals surface area contributed by atoms with Crippen LogP contribution in [0.3, 0.4) is 0 Å². The van der Waals surface area contributed by atoms with Crippen molar-refractivity contribution in [3.63, 3.8) is 0 Å². The zero-order valence-electron chi connectivity index (χ0n) is 14.2. The highest BCUT2D eigenvalue weighted by Crippen LogP contribution is 2.23. The number of anilines is 1. The quantitative estimate of drug-likeness (QED) is 0.805. The van der Waals surface area contributed by atoms with Gasteiger partial charge in [0.1, 0.15) is 0 Å². The number of urea groups is 1. The minimum Gasteiger partial charge on any atom is -0.352 e. The molecule has 5 nitrogen and oxygen atoms in total. The van der Waals surface area contributed by atoms with Gasteiger partial charge in [-0.25, -0.2) is 4.79 Å². The second kappa shape index (κ2) is 7.17. The lowest BCUT2D eigenvalue weighted by Gasteiger charge is -2.19. The van der Waals surface area contributed by atoms with E-state index >= 15 is 0 Å². The molecule has 0 heterocycles. The molecule has 0 spiro atoms. The summed E-state index contributed by atoms with van der Waals surface area (Å²) in [4.78, 5) is 23.0. The third-order valence-electron chi connectivity index (χ3n) is 3.69. The first-order valence-electron chi connectivity index (χ1n) is 7.80. The molecule has 0 saturated heterocycles. The Morgan fingerprint density at radius 2 is 1.54 bits per heavy atom. The van der Waals surface area contributed by atoms with Crippen LogP contribution in [0.5, 0.6) is 0 Å². The molecule has 2 rings (SSSR count). The van der Waals surface area contributed by atoms with Gasteiger partial charge in [0.25, 0.3) is 5.91 Å². The number of carbonyl (C=O) groups is 2. The van der Waals surface area contributed by atoms with Crippen LogP contribution in [0.2, 0.25) is 0 Å². The van der Waals surface area contributed by atoms with Gasteiger partial charge in [-0.1, -0.05) is 45.0 Å². The van der Waals surface area contributed by atoms with Gasteiger partial charge in [0.15, 0.2) is 0 Å². The van der Waals surface area contributed by atoms with E-state index in [1.807, 2.05) is 24.3 Å². The van der Waals surface area contributed by atoms with Crippen LogP contribution in [0.25, 0.3) is 0 Å². The Hall–Kier alpha value is -2.82. The molecule has 3 amide bonds. The van der Waals surface area contributed by atoms with Gasteiger partial charge in [-0.05, 0) is 40.8 Å². The van der Waals surface area contributed by atoms with Crippen molar-refractivity contribution in [1.29, 1.82) is 0 Å². The summed E-state index contributed by atoms with van der Waals surface area (Å²) < 4.78 is 0. The lowest BCUT2D eigenvalue weighted by Crippen LogP contribution is -2.28. The average Bonchev–Trinajstić information content (AvgIpc) is 2.53. The van der Waals surface area contributed by atoms with Crippen molar-refractivity contribution in [2.24, 2.45) is 5.73 Å². The van der Waals surface area contributed by atoms with E-state index < -0.39 is 6.03 Å². The number of amides is 3. The maximum Gasteiger partial charge on any atom is 0.312 e. The summed E-state index contributed by atoms with van der Waals surface area (Å²) >= 11 is 0. The molecule has 0 atom stereocenters. The largest absolute Gasteiger partial charge is 0.352 e. The van der Waals surface area contributed by atoms with Gasteiger partial charge in [-0.15, -0.1) is 0 Å². The Morgan fingerprint density at radius 3 is 2.04 bits per heavy atom. The molecule has 0 aliphatic rings. The Balaban J connectivity index is 2.00. The topological polar surface area (TPSA) is 84.2 Å². The van der Waals surface area contributed by atoms with E-state index in [-0.39, 0.29) is 11.3 Å². The normalized spacial score (nSPS) is 11.0. The van der Waals surface area contributed by atoms with Gasteiger partial charge >= 0.3 is 6.03 Å². The molecule has 24 heavy (non-hydrogen) atoms. The zero-order chi connectivity index (χ0) is 17.7. The average molecular weight is 325 g/mol. The van der Waals surface area contributed by atoms with Gasteiger partial charge in [0.2, 0.25) is 0 Å². The number of benzene rings is 2. The molecule has 0 fully saturated rings. The first-order chi connectivity index (χ1) is 11.3. The standard InChI is InChI=1S/C19H23N3O2/c1-19(2,3)15-8-10-16(11-9-15)22-17(23)14-6-4-13(5-7-14)12-21-18(20)24/h4-11H,12H2,1-3H3,(H,22,23)(H3,20,21,24). The first-order valence-corrected chi connectivity index (χ1v) is 7.80. The van der Waals surface area contributed by atoms with Crippen LogP contribution in [0, 0.1) is 0 Å². The Morgan fingerprint density at radius 1 is 0.958 bits per heavy atom. The molecule has 0 aliphatic carbocycles. The molecule has 2 aromatic carbocycles. The van der Waals surface area contributed by atoms with Crippen molar-refractivity contribution in [3.8, 4) is 0 Å². The molecular formula is C19H23N3O2. The van der Waals surface area contributed by atoms with E-state index in [0.717, 1.165) is 11.3 Å². The molecule has 0 bridgehead atoms. The molecular weight excluding hydrogens is 302 g/mol. The van der Waals surface area contributed by atoms with E-state index in [9.17, 15) is 9.59 Å². The first kappa shape index (κ1) is 17.5. The molecule has 0 aliphatic heterocycles. The third kappa shape index (κ3) is 4.84. The Kier molecular flexibility index (Phi) is 5.24. The number of nitrogens with two attached hydrogens (primary N) is 1. The highest BCUT2D eigenvalue weighted by Gasteiger charge is 2.13. The molecule has 0 aromatic heterocycles. The fourth-order valence-electron chi connectivity index (χ4n) is 2.22. The Labute approximate surface area is 142 Å². The van der Waals surface area contributed by atoms with Gasteiger partial charge in [-0.3, -0.25) is 4.79 Å². The number of carbonyl (C=O) groups excluding carboxylic acids is 2. The van der Waals surface area contributed by atoms with Crippen molar-refractivity contribution in [2.75, 3.05) is 5.32 Å². The zero-order valence-corrected chi connectivity index (χ0v) is 14.2. The SMILES string of the molecule is CC(C)(C)c1ccc(NC(=O)c2ccc(CNC(N)=O)cc2)cc1. The summed E-state index contributed by atoms with van der Waals surface area (Å²) in [6, 6.07) is 14.3. The maximum atomic E-state index is 12.3. The van der Waals surface area contributed by atoms with Crippen LogP contribution in [0.4, 0.5) is 10.5 Å². The number of rotatable bonds is 4. The van der Waals surface area contributed by atoms with Gasteiger partial charge in [-0.2, -0.15) is 0 Å². The number of primary amides is 1. The summed E-state index contributed by atoms with van der Waals surface area (Å²) in [7, 11) is 0. The van der Waals surface area contributed by atoms with Crippen LogP contribution in [-0.4, -0.2) is 11.9 Å². The molecule has 0 saturated carbocycles. The van der Waals surface area contributed by atoms with Crippen LogP contribution >= 0.6 is 0 Å². The highest BCUT2D eigenvalue weighted by molar-refractivity contribution is 6.04. The summed E-state index contributed by atoms with van der Waals surface area (Å²) in [6.45, 7) is 6.78. The van der Waals surface area contributed by atoms with E-state index in [1.165, 1.54) is 5.56 Å². The summed E-state index contributed by atoms with van der Waals surface area (Å²) in [5.74, 6) is -0.173. The maximum absolute atomic E-state index is 12.3. The van der Waals surface area contributed by atoms with E-state index in [1.54, 1.807) is 24.3 Å². The van der Waals surface area contributed by atoms with Crippen molar-refractivity contribution < 1.29 is 9.59 Å². The highest BCUT2D eigenvalue weighted by atomic mass is 16.2. The van der Waals surface area contributed by atoms with E-state index in [0.29, 0.717) is 12.1 Å².